The molecule has 7 nitrogen and oxygen atoms in total. The minimum Gasteiger partial charge on any atom is -0.489 e. The molecule has 0 radical (unpaired) electrons. The van der Waals surface area contributed by atoms with Gasteiger partial charge >= 0.3 is 0 Å². The Balaban J connectivity index is 1.27. The second-order valence-corrected chi connectivity index (χ2v) is 8.65. The van der Waals surface area contributed by atoms with Gasteiger partial charge in [-0.1, -0.05) is 54.4 Å². The summed E-state index contributed by atoms with van der Waals surface area (Å²) in [6.07, 6.45) is 2.94. The lowest BCUT2D eigenvalue weighted by Crippen LogP contribution is -2.48. The summed E-state index contributed by atoms with van der Waals surface area (Å²) in [4.78, 5) is 19.6. The van der Waals surface area contributed by atoms with Crippen LogP contribution in [0.3, 0.4) is 0 Å². The number of likely N-dealkylation sites (N-methyl/N-ethyl adjacent to an activating group) is 1. The number of aromatic amines is 1. The number of carbonyl (C=O) groups excluding carboxylic acids is 1. The molecule has 1 fully saturated rings. The molecule has 0 bridgehead atoms. The third-order valence-electron chi connectivity index (χ3n) is 5.61. The highest BCUT2D eigenvalue weighted by Crippen LogP contribution is 2.32. The van der Waals surface area contributed by atoms with Crippen LogP contribution in [0, 0.1) is 17.8 Å². The van der Waals surface area contributed by atoms with Gasteiger partial charge in [0.25, 0.3) is 5.91 Å². The predicted molar refractivity (Wildman–Crippen MR) is 129 cm³/mol. The Kier molecular flexibility index (Phi) is 5.80. The molecule has 0 unspecified atom stereocenters. The van der Waals surface area contributed by atoms with Crippen molar-refractivity contribution in [2.75, 3.05) is 18.6 Å². The molecule has 1 aliphatic heterocycles. The van der Waals surface area contributed by atoms with Crippen molar-refractivity contribution in [2.45, 2.75) is 25.3 Å². The molecule has 2 heterocycles. The first-order valence-corrected chi connectivity index (χ1v) is 11.3. The molecule has 33 heavy (non-hydrogen) atoms. The zero-order valence-electron chi connectivity index (χ0n) is 18.2. The van der Waals surface area contributed by atoms with Crippen LogP contribution in [0.15, 0.2) is 48.5 Å². The number of anilines is 1. The molecule has 1 amide bonds. The first-order valence-electron chi connectivity index (χ1n) is 10.9. The van der Waals surface area contributed by atoms with E-state index in [1.807, 2.05) is 60.5 Å². The Morgan fingerprint density at radius 1 is 1.27 bits per heavy atom. The van der Waals surface area contributed by atoms with Crippen molar-refractivity contribution in [3.63, 3.8) is 0 Å². The number of rotatable bonds is 4. The number of hydrogen-bond donors (Lipinski definition) is 2. The number of fused-ring (bicyclic) bond motifs is 1. The Morgan fingerprint density at radius 2 is 2.09 bits per heavy atom. The molecule has 5 rings (SSSR count). The van der Waals surface area contributed by atoms with E-state index in [9.17, 15) is 4.79 Å². The number of thiocarbonyl (C=S) groups is 1. The predicted octanol–water partition coefficient (Wildman–Crippen LogP) is 3.11. The van der Waals surface area contributed by atoms with Crippen molar-refractivity contribution < 1.29 is 9.53 Å². The van der Waals surface area contributed by atoms with Crippen LogP contribution in [-0.4, -0.2) is 45.8 Å². The van der Waals surface area contributed by atoms with Gasteiger partial charge in [-0.3, -0.25) is 9.89 Å². The van der Waals surface area contributed by atoms with E-state index in [0.717, 1.165) is 16.8 Å². The number of amides is 1. The average Bonchev–Trinajstić information content (AvgIpc) is 3.57. The molecule has 2 aliphatic rings. The van der Waals surface area contributed by atoms with Gasteiger partial charge < -0.3 is 15.0 Å². The second-order valence-electron chi connectivity index (χ2n) is 8.23. The molecule has 2 N–H and O–H groups in total. The van der Waals surface area contributed by atoms with Crippen molar-refractivity contribution in [2.24, 2.45) is 5.92 Å². The quantitative estimate of drug-likeness (QED) is 0.463. The molecular formula is C25H23N5O2S. The third-order valence-corrected chi connectivity index (χ3v) is 6.17. The van der Waals surface area contributed by atoms with Gasteiger partial charge in [-0.25, -0.2) is 4.98 Å². The second kappa shape index (κ2) is 9.04. The highest BCUT2D eigenvalue weighted by atomic mass is 32.1. The van der Waals surface area contributed by atoms with Gasteiger partial charge in [0, 0.05) is 24.9 Å². The first-order chi connectivity index (χ1) is 16.1. The molecule has 166 valence electrons. The maximum Gasteiger partial charge on any atom is 0.291 e. The summed E-state index contributed by atoms with van der Waals surface area (Å²) in [6, 6.07) is 15.2. The minimum atomic E-state index is -0.498. The van der Waals surface area contributed by atoms with Crippen LogP contribution in [0.4, 0.5) is 5.69 Å². The highest BCUT2D eigenvalue weighted by Gasteiger charge is 2.29. The largest absolute Gasteiger partial charge is 0.489 e. The maximum absolute atomic E-state index is 12.8. The highest BCUT2D eigenvalue weighted by molar-refractivity contribution is 7.80. The van der Waals surface area contributed by atoms with E-state index in [-0.39, 0.29) is 12.4 Å². The molecule has 2 aromatic carbocycles. The monoisotopic (exact) mass is 457 g/mol. The van der Waals surface area contributed by atoms with Crippen molar-refractivity contribution >= 4 is 28.8 Å². The summed E-state index contributed by atoms with van der Waals surface area (Å²) in [5.41, 5.74) is 2.84. The summed E-state index contributed by atoms with van der Waals surface area (Å²) in [5.74, 6) is 8.03. The van der Waals surface area contributed by atoms with Gasteiger partial charge in [0.2, 0.25) is 5.82 Å². The van der Waals surface area contributed by atoms with Gasteiger partial charge in [0.1, 0.15) is 29.2 Å². The molecule has 1 aromatic heterocycles. The van der Waals surface area contributed by atoms with E-state index in [0.29, 0.717) is 28.9 Å². The Morgan fingerprint density at radius 3 is 2.88 bits per heavy atom. The third kappa shape index (κ3) is 4.89. The molecule has 1 aliphatic carbocycles. The van der Waals surface area contributed by atoms with Crippen molar-refractivity contribution in [1.82, 2.24) is 20.5 Å². The zero-order valence-corrected chi connectivity index (χ0v) is 19.0. The van der Waals surface area contributed by atoms with Gasteiger partial charge in [0.15, 0.2) is 0 Å². The van der Waals surface area contributed by atoms with Crippen LogP contribution in [0.5, 0.6) is 5.75 Å². The van der Waals surface area contributed by atoms with Crippen molar-refractivity contribution in [1.29, 1.82) is 0 Å². The zero-order chi connectivity index (χ0) is 22.8. The number of H-pyrrole nitrogens is 1. The van der Waals surface area contributed by atoms with Crippen molar-refractivity contribution in [3.8, 4) is 17.6 Å². The Bertz CT molecular complexity index is 1260. The molecule has 0 spiro atoms. The summed E-state index contributed by atoms with van der Waals surface area (Å²) in [7, 11) is 1.87. The normalized spacial score (nSPS) is 17.3. The van der Waals surface area contributed by atoms with Gasteiger partial charge in [-0.2, -0.15) is 0 Å². The molecule has 3 aromatic rings. The van der Waals surface area contributed by atoms with Crippen LogP contribution < -0.4 is 15.0 Å². The molecular weight excluding hydrogens is 434 g/mol. The lowest BCUT2D eigenvalue weighted by Gasteiger charge is -2.23. The fraction of sp³-hybridized carbons (Fsp3) is 0.280. The van der Waals surface area contributed by atoms with Crippen molar-refractivity contribution in [3.05, 3.63) is 71.3 Å². The average molecular weight is 458 g/mol. The summed E-state index contributed by atoms with van der Waals surface area (Å²) in [6.45, 7) is 0.219. The smallest absolute Gasteiger partial charge is 0.291 e. The van der Waals surface area contributed by atoms with E-state index < -0.39 is 11.9 Å². The van der Waals surface area contributed by atoms with Crippen LogP contribution in [0.2, 0.25) is 0 Å². The lowest BCUT2D eigenvalue weighted by molar-refractivity contribution is 0.0927. The number of aromatic nitrogens is 3. The minimum absolute atomic E-state index is 0.0748. The fourth-order valence-corrected chi connectivity index (χ4v) is 3.81. The van der Waals surface area contributed by atoms with Gasteiger partial charge in [-0.15, -0.1) is 5.10 Å². The topological polar surface area (TPSA) is 83.1 Å². The molecule has 8 heteroatoms. The Labute approximate surface area is 197 Å². The molecule has 0 saturated heterocycles. The number of hydrogen-bond acceptors (Lipinski definition) is 5. The number of ether oxygens (including phenoxy) is 1. The fourth-order valence-electron chi connectivity index (χ4n) is 3.58. The maximum atomic E-state index is 12.8. The number of nitrogens with one attached hydrogen (secondary N) is 2. The van der Waals surface area contributed by atoms with E-state index >= 15 is 0 Å². The van der Waals surface area contributed by atoms with Crippen LogP contribution in [0.25, 0.3) is 0 Å². The van der Waals surface area contributed by atoms with Crippen LogP contribution in [-0.2, 0) is 6.42 Å². The van der Waals surface area contributed by atoms with E-state index in [1.54, 1.807) is 0 Å². The molecule has 1 atom stereocenters. The van der Waals surface area contributed by atoms with Gasteiger partial charge in [-0.05, 0) is 36.6 Å². The lowest BCUT2D eigenvalue weighted by atomic mass is 10.1. The van der Waals surface area contributed by atoms with E-state index in [4.69, 9.17) is 17.0 Å². The molecule has 1 saturated carbocycles. The number of carbonyl (C=O) groups is 1. The SMILES string of the molecule is CN1C(=S)[C@@H](NC(=O)c2n[nH]c(Cc3ccccc3)n2)COc2ccc(C#CC3CC3)cc21. The standard InChI is InChI=1S/C25H23N5O2S/c1-30-20-13-18(10-9-16-7-8-16)11-12-21(20)32-15-19(25(30)33)26-24(31)23-27-22(28-29-23)14-17-5-3-2-4-6-17/h2-6,11-13,16,19H,7-8,14-15H2,1H3,(H,26,31)(H,27,28,29)/t19-/m0/s1. The summed E-state index contributed by atoms with van der Waals surface area (Å²) in [5, 5.41) is 9.83. The Hall–Kier alpha value is -3.70. The van der Waals surface area contributed by atoms with E-state index in [1.165, 1.54) is 12.8 Å². The van der Waals surface area contributed by atoms with Gasteiger partial charge in [0.05, 0.1) is 5.69 Å². The summed E-state index contributed by atoms with van der Waals surface area (Å²) >= 11 is 5.68. The summed E-state index contributed by atoms with van der Waals surface area (Å²) < 4.78 is 5.98. The first kappa shape index (κ1) is 21.2. The van der Waals surface area contributed by atoms with Crippen LogP contribution >= 0.6 is 12.2 Å². The van der Waals surface area contributed by atoms with E-state index in [2.05, 4.69) is 32.3 Å². The van der Waals surface area contributed by atoms with Crippen LogP contribution in [0.1, 0.15) is 40.4 Å². The number of nitrogens with zero attached hydrogens (tertiary/aromatic N) is 3. The number of benzene rings is 2.